The van der Waals surface area contributed by atoms with Gasteiger partial charge in [0.05, 0.1) is 23.5 Å². The molecule has 24 heavy (non-hydrogen) atoms. The Morgan fingerprint density at radius 3 is 2.67 bits per heavy atom. The van der Waals surface area contributed by atoms with Gasteiger partial charge in [-0.2, -0.15) is 0 Å². The second-order valence-electron chi connectivity index (χ2n) is 6.38. The first-order chi connectivity index (χ1) is 11.2. The summed E-state index contributed by atoms with van der Waals surface area (Å²) >= 11 is 0. The average Bonchev–Trinajstić information content (AvgIpc) is 2.53. The monoisotopic (exact) mass is 331 g/mol. The zero-order valence-corrected chi connectivity index (χ0v) is 14.3. The van der Waals surface area contributed by atoms with E-state index in [9.17, 15) is 14.3 Å². The number of hydrogen-bond acceptors (Lipinski definition) is 4. The molecule has 1 aromatic heterocycles. The number of nitrogens with one attached hydrogen (secondary N) is 1. The van der Waals surface area contributed by atoms with Crippen molar-refractivity contribution in [2.75, 3.05) is 24.3 Å². The van der Waals surface area contributed by atoms with Crippen LogP contribution in [0.3, 0.4) is 0 Å². The molecule has 0 saturated carbocycles. The highest BCUT2D eigenvalue weighted by Crippen LogP contribution is 2.27. The molecular formula is C18H22FN3O2. The van der Waals surface area contributed by atoms with Gasteiger partial charge in [0, 0.05) is 31.9 Å². The summed E-state index contributed by atoms with van der Waals surface area (Å²) in [7, 11) is 3.66. The predicted octanol–water partition coefficient (Wildman–Crippen LogP) is 3.26. The number of carboxylic acid groups (broad SMARTS) is 1. The van der Waals surface area contributed by atoms with Gasteiger partial charge in [-0.15, -0.1) is 0 Å². The van der Waals surface area contributed by atoms with Gasteiger partial charge >= 0.3 is 5.97 Å². The lowest BCUT2D eigenvalue weighted by Gasteiger charge is -2.21. The first-order valence-corrected chi connectivity index (χ1v) is 7.61. The van der Waals surface area contributed by atoms with E-state index in [0.29, 0.717) is 16.8 Å². The molecule has 0 saturated heterocycles. The van der Waals surface area contributed by atoms with E-state index in [4.69, 9.17) is 0 Å². The highest BCUT2D eigenvalue weighted by molar-refractivity contribution is 5.80. The number of carbonyl (C=O) groups is 1. The SMILES string of the molecule is CN(C)c1cncc(F)c1CNc1cccc(C(C)(C)C(=O)O)c1. The maximum Gasteiger partial charge on any atom is 0.313 e. The van der Waals surface area contributed by atoms with Crippen molar-refractivity contribution in [2.45, 2.75) is 25.8 Å². The summed E-state index contributed by atoms with van der Waals surface area (Å²) in [6.45, 7) is 3.58. The molecule has 0 atom stereocenters. The molecule has 0 amide bonds. The van der Waals surface area contributed by atoms with E-state index in [1.807, 2.05) is 20.2 Å². The number of aliphatic carboxylic acids is 1. The zero-order chi connectivity index (χ0) is 17.9. The molecule has 1 heterocycles. The maximum absolute atomic E-state index is 14.1. The molecule has 0 aliphatic heterocycles. The van der Waals surface area contributed by atoms with Gasteiger partial charge in [0.2, 0.25) is 0 Å². The van der Waals surface area contributed by atoms with Crippen LogP contribution in [-0.4, -0.2) is 30.2 Å². The molecule has 0 aliphatic carbocycles. The number of halogens is 1. The van der Waals surface area contributed by atoms with Crippen LogP contribution in [0, 0.1) is 5.82 Å². The number of aromatic nitrogens is 1. The lowest BCUT2D eigenvalue weighted by molar-refractivity contribution is -0.142. The van der Waals surface area contributed by atoms with Gasteiger partial charge < -0.3 is 15.3 Å². The van der Waals surface area contributed by atoms with E-state index in [0.717, 1.165) is 5.69 Å². The average molecular weight is 331 g/mol. The van der Waals surface area contributed by atoms with Crippen LogP contribution in [-0.2, 0) is 16.8 Å². The van der Waals surface area contributed by atoms with Gasteiger partial charge in [0.15, 0.2) is 0 Å². The number of benzene rings is 1. The Labute approximate surface area is 141 Å². The summed E-state index contributed by atoms with van der Waals surface area (Å²) in [5, 5.41) is 12.5. The lowest BCUT2D eigenvalue weighted by atomic mass is 9.84. The Morgan fingerprint density at radius 2 is 2.04 bits per heavy atom. The first-order valence-electron chi connectivity index (χ1n) is 7.61. The van der Waals surface area contributed by atoms with E-state index in [1.165, 1.54) is 6.20 Å². The van der Waals surface area contributed by atoms with E-state index >= 15 is 0 Å². The van der Waals surface area contributed by atoms with Crippen molar-refractivity contribution in [1.29, 1.82) is 0 Å². The number of anilines is 2. The molecule has 0 aliphatic rings. The third-order valence-corrected chi connectivity index (χ3v) is 4.05. The van der Waals surface area contributed by atoms with Crippen molar-refractivity contribution in [2.24, 2.45) is 0 Å². The smallest absolute Gasteiger partial charge is 0.313 e. The van der Waals surface area contributed by atoms with E-state index in [1.54, 1.807) is 43.1 Å². The molecule has 2 rings (SSSR count). The molecule has 5 nitrogen and oxygen atoms in total. The highest BCUT2D eigenvalue weighted by atomic mass is 19.1. The molecule has 0 fully saturated rings. The van der Waals surface area contributed by atoms with Crippen molar-refractivity contribution in [1.82, 2.24) is 4.98 Å². The molecule has 0 bridgehead atoms. The normalized spacial score (nSPS) is 11.2. The van der Waals surface area contributed by atoms with Crippen LogP contribution in [0.15, 0.2) is 36.7 Å². The fourth-order valence-electron chi connectivity index (χ4n) is 2.34. The van der Waals surface area contributed by atoms with Crippen LogP contribution in [0.25, 0.3) is 0 Å². The van der Waals surface area contributed by atoms with Crippen molar-refractivity contribution in [3.63, 3.8) is 0 Å². The minimum Gasteiger partial charge on any atom is -0.481 e. The Kier molecular flexibility index (Phi) is 5.07. The molecule has 0 spiro atoms. The van der Waals surface area contributed by atoms with Crippen molar-refractivity contribution in [3.05, 3.63) is 53.6 Å². The number of pyridine rings is 1. The predicted molar refractivity (Wildman–Crippen MR) is 93.0 cm³/mol. The standard InChI is InChI=1S/C18H22FN3O2/c1-18(2,17(23)24)12-6-5-7-13(8-12)21-9-14-15(19)10-20-11-16(14)22(3)4/h5-8,10-11,21H,9H2,1-4H3,(H,23,24). The molecule has 0 radical (unpaired) electrons. The van der Waals surface area contributed by atoms with Gasteiger partial charge in [-0.1, -0.05) is 12.1 Å². The summed E-state index contributed by atoms with van der Waals surface area (Å²) in [5.41, 5.74) is 1.64. The van der Waals surface area contributed by atoms with Crippen LogP contribution in [0.1, 0.15) is 25.0 Å². The summed E-state index contributed by atoms with van der Waals surface area (Å²) in [6, 6.07) is 7.17. The number of hydrogen-bond donors (Lipinski definition) is 2. The summed E-state index contributed by atoms with van der Waals surface area (Å²) in [4.78, 5) is 17.1. The van der Waals surface area contributed by atoms with Crippen LogP contribution < -0.4 is 10.2 Å². The Morgan fingerprint density at radius 1 is 1.33 bits per heavy atom. The number of nitrogens with zero attached hydrogens (tertiary/aromatic N) is 2. The van der Waals surface area contributed by atoms with Gasteiger partial charge in [0.1, 0.15) is 5.82 Å². The summed E-state index contributed by atoms with van der Waals surface area (Å²) < 4.78 is 14.1. The first kappa shape index (κ1) is 17.7. The van der Waals surface area contributed by atoms with Crippen LogP contribution in [0.4, 0.5) is 15.8 Å². The van der Waals surface area contributed by atoms with Crippen molar-refractivity contribution < 1.29 is 14.3 Å². The van der Waals surface area contributed by atoms with Gasteiger partial charge in [-0.3, -0.25) is 9.78 Å². The van der Waals surface area contributed by atoms with Crippen LogP contribution in [0.5, 0.6) is 0 Å². The second-order valence-corrected chi connectivity index (χ2v) is 6.38. The molecule has 6 heteroatoms. The number of carboxylic acids is 1. The number of rotatable bonds is 6. The molecule has 0 unspecified atom stereocenters. The van der Waals surface area contributed by atoms with Gasteiger partial charge in [-0.25, -0.2) is 4.39 Å². The van der Waals surface area contributed by atoms with Gasteiger partial charge in [-0.05, 0) is 31.5 Å². The summed E-state index contributed by atoms with van der Waals surface area (Å²) in [6.07, 6.45) is 2.80. The Balaban J connectivity index is 2.24. The maximum atomic E-state index is 14.1. The topological polar surface area (TPSA) is 65.5 Å². The third-order valence-electron chi connectivity index (χ3n) is 4.05. The highest BCUT2D eigenvalue weighted by Gasteiger charge is 2.29. The van der Waals surface area contributed by atoms with E-state index in [2.05, 4.69) is 10.3 Å². The summed E-state index contributed by atoms with van der Waals surface area (Å²) in [5.74, 6) is -1.27. The Bertz CT molecular complexity index is 745. The minimum atomic E-state index is -0.992. The largest absolute Gasteiger partial charge is 0.481 e. The fraction of sp³-hybridized carbons (Fsp3) is 0.333. The van der Waals surface area contributed by atoms with Crippen LogP contribution in [0.2, 0.25) is 0 Å². The lowest BCUT2D eigenvalue weighted by Crippen LogP contribution is -2.28. The van der Waals surface area contributed by atoms with Gasteiger partial charge in [0.25, 0.3) is 0 Å². The molecular weight excluding hydrogens is 309 g/mol. The van der Waals surface area contributed by atoms with E-state index in [-0.39, 0.29) is 12.4 Å². The second kappa shape index (κ2) is 6.86. The van der Waals surface area contributed by atoms with Crippen molar-refractivity contribution in [3.8, 4) is 0 Å². The minimum absolute atomic E-state index is 0.277. The zero-order valence-electron chi connectivity index (χ0n) is 14.3. The molecule has 2 aromatic rings. The van der Waals surface area contributed by atoms with Crippen LogP contribution >= 0.6 is 0 Å². The molecule has 128 valence electrons. The quantitative estimate of drug-likeness (QED) is 0.850. The molecule has 1 aromatic carbocycles. The third kappa shape index (κ3) is 3.64. The van der Waals surface area contributed by atoms with Crippen molar-refractivity contribution >= 4 is 17.3 Å². The van der Waals surface area contributed by atoms with E-state index < -0.39 is 11.4 Å². The fourth-order valence-corrected chi connectivity index (χ4v) is 2.34. The Hall–Kier alpha value is -2.63. The molecule has 2 N–H and O–H groups in total.